The Kier molecular flexibility index (Phi) is 7.43. The molecule has 2 aromatic heterocycles. The second-order valence-corrected chi connectivity index (χ2v) is 12.5. The van der Waals surface area contributed by atoms with Crippen LogP contribution in [-0.4, -0.2) is 75.4 Å². The number of piperazine rings is 1. The van der Waals surface area contributed by atoms with Crippen molar-refractivity contribution >= 4 is 27.5 Å². The summed E-state index contributed by atoms with van der Waals surface area (Å²) in [5, 5.41) is 15.2. The number of phenols is 1. The number of likely N-dealkylation sites (tertiary alicyclic amines) is 1. The van der Waals surface area contributed by atoms with Crippen molar-refractivity contribution in [3.8, 4) is 47.7 Å². The number of ether oxygens (including phenoxy) is 1. The van der Waals surface area contributed by atoms with Gasteiger partial charge in [0.25, 0.3) is 0 Å². The van der Waals surface area contributed by atoms with Gasteiger partial charge in [0.05, 0.1) is 10.9 Å². The normalized spacial score (nSPS) is 21.5. The number of terminal acetylenes is 2. The zero-order valence-electron chi connectivity index (χ0n) is 25.3. The van der Waals surface area contributed by atoms with E-state index in [1.54, 1.807) is 0 Å². The van der Waals surface area contributed by atoms with E-state index in [-0.39, 0.29) is 63.3 Å². The molecule has 3 atom stereocenters. The predicted molar refractivity (Wildman–Crippen MR) is 170 cm³/mol. The lowest BCUT2D eigenvalue weighted by Crippen LogP contribution is -2.51. The summed E-state index contributed by atoms with van der Waals surface area (Å²) in [6.45, 7) is 7.01. The first kappa shape index (κ1) is 29.2. The number of pyridine rings is 1. The Bertz CT molecular complexity index is 1900. The molecule has 2 bridgehead atoms. The van der Waals surface area contributed by atoms with Gasteiger partial charge >= 0.3 is 6.01 Å². The first-order valence-electron chi connectivity index (χ1n) is 15.4. The molecule has 7 rings (SSSR count). The number of benzene rings is 2. The van der Waals surface area contributed by atoms with E-state index < -0.39 is 11.6 Å². The Labute approximate surface area is 260 Å². The molecule has 3 aliphatic rings. The maximum absolute atomic E-state index is 16.9. The van der Waals surface area contributed by atoms with E-state index in [1.807, 2.05) is 0 Å². The molecule has 5 heterocycles. The number of fused-ring (bicyclic) bond motifs is 4. The fourth-order valence-electron chi connectivity index (χ4n) is 7.32. The summed E-state index contributed by atoms with van der Waals surface area (Å²) < 4.78 is 38.0. The van der Waals surface area contributed by atoms with Gasteiger partial charge in [-0.05, 0) is 75.6 Å². The van der Waals surface area contributed by atoms with Crippen molar-refractivity contribution in [2.24, 2.45) is 0 Å². The van der Waals surface area contributed by atoms with Gasteiger partial charge in [-0.2, -0.15) is 9.97 Å². The minimum atomic E-state index is -0.792. The zero-order valence-corrected chi connectivity index (χ0v) is 25.3. The van der Waals surface area contributed by atoms with Gasteiger partial charge in [0.2, 0.25) is 0 Å². The van der Waals surface area contributed by atoms with Crippen molar-refractivity contribution in [1.29, 1.82) is 0 Å². The monoisotopic (exact) mass is 608 g/mol. The number of hydrogen-bond acceptors (Lipinski definition) is 8. The number of anilines is 1. The summed E-state index contributed by atoms with van der Waals surface area (Å²) in [7, 11) is 0. The second kappa shape index (κ2) is 11.4. The van der Waals surface area contributed by atoms with Gasteiger partial charge in [-0.25, -0.2) is 13.8 Å². The predicted octanol–water partition coefficient (Wildman–Crippen LogP) is 4.98. The van der Waals surface area contributed by atoms with E-state index in [1.165, 1.54) is 24.3 Å². The van der Waals surface area contributed by atoms with Crippen LogP contribution in [-0.2, 0) is 0 Å². The fraction of sp³-hybridized carbons (Fsp3) is 0.400. The van der Waals surface area contributed by atoms with Crippen LogP contribution in [0.2, 0.25) is 0 Å². The molecule has 8 nitrogen and oxygen atoms in total. The number of nitrogens with zero attached hydrogens (tertiary/aromatic N) is 5. The molecule has 2 N–H and O–H groups in total. The van der Waals surface area contributed by atoms with E-state index >= 15 is 4.39 Å². The molecule has 0 unspecified atom stereocenters. The standard InChI is InChI=1S/C35H34F2N6O2/c1-5-25-27(36)12-9-20-14-24(44)15-26(29(20)25)32-31(37)33-30(28(6-2)39-32)34(42-16-21-10-11-22(17-42)38-21)41-35(40-33)45-18-23-8-7-13-43(23)19(3)4/h1-2,9,12,14-15,19,21-23,38,44H,7-8,10-11,13,16-18H2,3-4H3/t21-,22+,23-/m0/s1. The summed E-state index contributed by atoms with van der Waals surface area (Å²) in [5.74, 6) is 3.87. The largest absolute Gasteiger partial charge is 0.508 e. The highest BCUT2D eigenvalue weighted by Gasteiger charge is 2.35. The second-order valence-electron chi connectivity index (χ2n) is 12.5. The van der Waals surface area contributed by atoms with Gasteiger partial charge < -0.3 is 20.1 Å². The van der Waals surface area contributed by atoms with Gasteiger partial charge in [0.15, 0.2) is 5.82 Å². The molecule has 2 aromatic carbocycles. The average molecular weight is 609 g/mol. The number of aromatic nitrogens is 3. The van der Waals surface area contributed by atoms with Crippen molar-refractivity contribution in [2.45, 2.75) is 63.7 Å². The first-order chi connectivity index (χ1) is 21.7. The highest BCUT2D eigenvalue weighted by molar-refractivity contribution is 6.04. The molecular formula is C35H34F2N6O2. The summed E-state index contributed by atoms with van der Waals surface area (Å²) in [6, 6.07) is 6.60. The molecule has 10 heteroatoms. The van der Waals surface area contributed by atoms with Gasteiger partial charge in [0.1, 0.15) is 40.9 Å². The van der Waals surface area contributed by atoms with E-state index in [9.17, 15) is 9.50 Å². The molecule has 3 fully saturated rings. The third-order valence-corrected chi connectivity index (χ3v) is 9.34. The third-order valence-electron chi connectivity index (χ3n) is 9.34. The number of hydrogen-bond donors (Lipinski definition) is 2. The van der Waals surface area contributed by atoms with Crippen molar-refractivity contribution < 1.29 is 18.6 Å². The van der Waals surface area contributed by atoms with Crippen LogP contribution in [0.3, 0.4) is 0 Å². The van der Waals surface area contributed by atoms with Crippen LogP contribution in [0.4, 0.5) is 14.6 Å². The lowest BCUT2D eigenvalue weighted by molar-refractivity contribution is 0.138. The Morgan fingerprint density at radius 3 is 2.53 bits per heavy atom. The Hall–Kier alpha value is -4.51. The summed E-state index contributed by atoms with van der Waals surface area (Å²) >= 11 is 0. The molecule has 3 saturated heterocycles. The maximum Gasteiger partial charge on any atom is 0.319 e. The van der Waals surface area contributed by atoms with Gasteiger partial charge in [-0.15, -0.1) is 12.8 Å². The quantitative estimate of drug-likeness (QED) is 0.297. The molecule has 4 aromatic rings. The van der Waals surface area contributed by atoms with E-state index in [4.69, 9.17) is 22.6 Å². The van der Waals surface area contributed by atoms with Crippen LogP contribution >= 0.6 is 0 Å². The third kappa shape index (κ3) is 5.08. The molecule has 230 valence electrons. The van der Waals surface area contributed by atoms with Crippen LogP contribution in [0.15, 0.2) is 24.3 Å². The minimum absolute atomic E-state index is 0.0501. The number of phenolic OH excluding ortho intramolecular Hbond substituents is 1. The van der Waals surface area contributed by atoms with Crippen LogP contribution < -0.4 is 15.0 Å². The lowest BCUT2D eigenvalue weighted by atomic mass is 9.95. The molecule has 45 heavy (non-hydrogen) atoms. The zero-order chi connectivity index (χ0) is 31.4. The van der Waals surface area contributed by atoms with Crippen molar-refractivity contribution in [3.63, 3.8) is 0 Å². The number of nitrogens with one attached hydrogen (secondary N) is 1. The fourth-order valence-corrected chi connectivity index (χ4v) is 7.32. The van der Waals surface area contributed by atoms with Gasteiger partial charge in [0, 0.05) is 48.2 Å². The SMILES string of the molecule is C#Cc1c(F)ccc2cc(O)cc(-c3nc(C#C)c4c(N5C[C@H]6CC[C@@H](C5)N6)nc(OC[C@@H]5CCCN5C(C)C)nc4c3F)c12. The van der Waals surface area contributed by atoms with Gasteiger partial charge in [-0.3, -0.25) is 4.90 Å². The number of aromatic hydroxyl groups is 1. The van der Waals surface area contributed by atoms with E-state index in [0.29, 0.717) is 42.3 Å². The van der Waals surface area contributed by atoms with Crippen LogP contribution in [0.25, 0.3) is 32.9 Å². The van der Waals surface area contributed by atoms with Crippen LogP contribution in [0.1, 0.15) is 50.8 Å². The minimum Gasteiger partial charge on any atom is -0.508 e. The van der Waals surface area contributed by atoms with Crippen molar-refractivity contribution in [2.75, 3.05) is 31.1 Å². The number of rotatable bonds is 6. The van der Waals surface area contributed by atoms with Crippen LogP contribution in [0.5, 0.6) is 11.8 Å². The maximum atomic E-state index is 16.9. The summed E-state index contributed by atoms with van der Waals surface area (Å²) in [4.78, 5) is 18.5. The van der Waals surface area contributed by atoms with Gasteiger partial charge in [-0.1, -0.05) is 12.0 Å². The summed E-state index contributed by atoms with van der Waals surface area (Å²) in [5.41, 5.74) is -0.0844. The van der Waals surface area contributed by atoms with E-state index in [0.717, 1.165) is 32.2 Å². The highest BCUT2D eigenvalue weighted by atomic mass is 19.1. The van der Waals surface area contributed by atoms with Crippen molar-refractivity contribution in [3.05, 3.63) is 47.2 Å². The average Bonchev–Trinajstić information content (AvgIpc) is 3.65. The Morgan fingerprint density at radius 2 is 1.82 bits per heavy atom. The molecule has 0 spiro atoms. The molecule has 0 amide bonds. The smallest absolute Gasteiger partial charge is 0.319 e. The topological polar surface area (TPSA) is 86.6 Å². The summed E-state index contributed by atoms with van der Waals surface area (Å²) in [6.07, 6.45) is 15.9. The molecule has 0 radical (unpaired) electrons. The van der Waals surface area contributed by atoms with E-state index in [2.05, 4.69) is 50.8 Å². The molecule has 3 aliphatic heterocycles. The highest BCUT2D eigenvalue weighted by Crippen LogP contribution is 2.40. The molecular weight excluding hydrogens is 574 g/mol. The first-order valence-corrected chi connectivity index (χ1v) is 15.4. The lowest BCUT2D eigenvalue weighted by Gasteiger charge is -2.34. The molecule has 0 saturated carbocycles. The van der Waals surface area contributed by atoms with Crippen molar-refractivity contribution in [1.82, 2.24) is 25.2 Å². The molecule has 0 aliphatic carbocycles. The Morgan fingerprint density at radius 1 is 1.04 bits per heavy atom. The Balaban J connectivity index is 1.43. The number of halogens is 2. The van der Waals surface area contributed by atoms with Crippen LogP contribution in [0, 0.1) is 36.3 Å².